The number of ether oxygens (including phenoxy) is 1. The Morgan fingerprint density at radius 1 is 1.12 bits per heavy atom. The first kappa shape index (κ1) is 17.3. The maximum atomic E-state index is 12.2. The summed E-state index contributed by atoms with van der Waals surface area (Å²) in [6, 6.07) is 13.4. The Bertz CT molecular complexity index is 714. The summed E-state index contributed by atoms with van der Waals surface area (Å²) >= 11 is 0. The minimum atomic E-state index is -0.509. The molecule has 2 aromatic carbocycles. The Morgan fingerprint density at radius 2 is 1.83 bits per heavy atom. The van der Waals surface area contributed by atoms with Crippen LogP contribution < -0.4 is 21.1 Å². The van der Waals surface area contributed by atoms with Gasteiger partial charge in [-0.3, -0.25) is 9.59 Å². The topological polar surface area (TPSA) is 93.4 Å². The number of hydrogen-bond acceptors (Lipinski definition) is 4. The van der Waals surface area contributed by atoms with Gasteiger partial charge in [0.1, 0.15) is 11.8 Å². The number of anilines is 2. The lowest BCUT2D eigenvalue weighted by Gasteiger charge is -2.16. The maximum Gasteiger partial charge on any atom is 0.248 e. The zero-order valence-corrected chi connectivity index (χ0v) is 13.7. The van der Waals surface area contributed by atoms with Crippen molar-refractivity contribution < 1.29 is 14.3 Å². The molecule has 0 heterocycles. The summed E-state index contributed by atoms with van der Waals surface area (Å²) in [5, 5.41) is 5.86. The highest BCUT2D eigenvalue weighted by molar-refractivity contribution is 5.97. The zero-order valence-electron chi connectivity index (χ0n) is 13.7. The predicted octanol–water partition coefficient (Wildman–Crippen LogP) is 2.62. The van der Waals surface area contributed by atoms with Crippen LogP contribution in [-0.2, 0) is 4.79 Å². The van der Waals surface area contributed by atoms with Crippen LogP contribution in [0.15, 0.2) is 48.5 Å². The molecule has 1 atom stereocenters. The van der Waals surface area contributed by atoms with E-state index in [4.69, 9.17) is 10.5 Å². The molecule has 0 aliphatic rings. The van der Waals surface area contributed by atoms with Gasteiger partial charge in [0.25, 0.3) is 0 Å². The van der Waals surface area contributed by atoms with Crippen LogP contribution in [0.4, 0.5) is 11.4 Å². The van der Waals surface area contributed by atoms with E-state index in [-0.39, 0.29) is 5.91 Å². The van der Waals surface area contributed by atoms with Crippen molar-refractivity contribution in [2.24, 2.45) is 5.73 Å². The fraction of sp³-hybridized carbons (Fsp3) is 0.222. The average Bonchev–Trinajstić information content (AvgIpc) is 2.57. The normalized spacial score (nSPS) is 11.4. The number of nitrogens with two attached hydrogens (primary N) is 1. The van der Waals surface area contributed by atoms with Gasteiger partial charge in [0.05, 0.1) is 6.61 Å². The van der Waals surface area contributed by atoms with Gasteiger partial charge in [0, 0.05) is 16.9 Å². The molecule has 2 rings (SSSR count). The summed E-state index contributed by atoms with van der Waals surface area (Å²) in [5.74, 6) is 0.0544. The van der Waals surface area contributed by atoms with Crippen LogP contribution in [-0.4, -0.2) is 24.5 Å². The van der Waals surface area contributed by atoms with Crippen molar-refractivity contribution in [3.05, 3.63) is 54.1 Å². The van der Waals surface area contributed by atoms with Crippen molar-refractivity contribution in [3.63, 3.8) is 0 Å². The molecule has 6 heteroatoms. The van der Waals surface area contributed by atoms with Gasteiger partial charge in [-0.15, -0.1) is 0 Å². The number of rotatable bonds is 7. The Balaban J connectivity index is 1.96. The lowest BCUT2D eigenvalue weighted by Crippen LogP contribution is -2.31. The predicted molar refractivity (Wildman–Crippen MR) is 94.3 cm³/mol. The van der Waals surface area contributed by atoms with Crippen LogP contribution in [0.2, 0.25) is 0 Å². The molecule has 126 valence electrons. The van der Waals surface area contributed by atoms with Gasteiger partial charge in [0.2, 0.25) is 11.8 Å². The second-order valence-electron chi connectivity index (χ2n) is 5.26. The number of nitrogens with one attached hydrogen (secondary N) is 2. The molecular weight excluding hydrogens is 306 g/mol. The fourth-order valence-corrected chi connectivity index (χ4v) is 2.13. The molecule has 0 saturated carbocycles. The number of primary amides is 1. The first-order valence-corrected chi connectivity index (χ1v) is 7.69. The molecule has 0 aromatic heterocycles. The lowest BCUT2D eigenvalue weighted by molar-refractivity contribution is -0.116. The average molecular weight is 327 g/mol. The highest BCUT2D eigenvalue weighted by atomic mass is 16.5. The molecule has 24 heavy (non-hydrogen) atoms. The summed E-state index contributed by atoms with van der Waals surface area (Å²) in [7, 11) is 0. The first-order chi connectivity index (χ1) is 11.5. The van der Waals surface area contributed by atoms with E-state index in [1.165, 1.54) is 0 Å². The third-order valence-corrected chi connectivity index (χ3v) is 3.36. The van der Waals surface area contributed by atoms with Crippen molar-refractivity contribution in [1.82, 2.24) is 0 Å². The second kappa shape index (κ2) is 8.01. The monoisotopic (exact) mass is 327 g/mol. The van der Waals surface area contributed by atoms with Crippen LogP contribution in [0.3, 0.4) is 0 Å². The molecular formula is C18H21N3O3. The molecule has 1 unspecified atom stereocenters. The molecule has 0 saturated heterocycles. The third-order valence-electron chi connectivity index (χ3n) is 3.36. The van der Waals surface area contributed by atoms with Crippen LogP contribution in [0.5, 0.6) is 5.75 Å². The van der Waals surface area contributed by atoms with Gasteiger partial charge in [-0.25, -0.2) is 0 Å². The fourth-order valence-electron chi connectivity index (χ4n) is 2.13. The van der Waals surface area contributed by atoms with Crippen LogP contribution in [0, 0.1) is 0 Å². The molecule has 2 amide bonds. The van der Waals surface area contributed by atoms with E-state index < -0.39 is 11.9 Å². The van der Waals surface area contributed by atoms with Gasteiger partial charge in [-0.05, 0) is 56.3 Å². The van der Waals surface area contributed by atoms with Crippen molar-refractivity contribution in [2.45, 2.75) is 19.9 Å². The van der Waals surface area contributed by atoms with Crippen LogP contribution in [0.25, 0.3) is 0 Å². The van der Waals surface area contributed by atoms with Gasteiger partial charge < -0.3 is 21.1 Å². The lowest BCUT2D eigenvalue weighted by atomic mass is 10.1. The highest BCUT2D eigenvalue weighted by Gasteiger charge is 2.13. The molecule has 4 N–H and O–H groups in total. The molecule has 0 fully saturated rings. The summed E-state index contributed by atoms with van der Waals surface area (Å²) in [6.07, 6.45) is 0. The van der Waals surface area contributed by atoms with Crippen LogP contribution >= 0.6 is 0 Å². The van der Waals surface area contributed by atoms with E-state index in [2.05, 4.69) is 10.6 Å². The van der Waals surface area contributed by atoms with E-state index in [1.54, 1.807) is 55.5 Å². The number of carbonyl (C=O) groups excluding carboxylic acids is 2. The smallest absolute Gasteiger partial charge is 0.248 e. The van der Waals surface area contributed by atoms with Crippen molar-refractivity contribution in [1.29, 1.82) is 0 Å². The molecule has 0 aliphatic heterocycles. The molecule has 0 radical (unpaired) electrons. The minimum Gasteiger partial charge on any atom is -0.494 e. The zero-order chi connectivity index (χ0) is 17.5. The van der Waals surface area contributed by atoms with Gasteiger partial charge in [0.15, 0.2) is 0 Å². The number of carbonyl (C=O) groups is 2. The number of benzene rings is 2. The van der Waals surface area contributed by atoms with Crippen molar-refractivity contribution >= 4 is 23.2 Å². The van der Waals surface area contributed by atoms with Crippen molar-refractivity contribution in [2.75, 3.05) is 17.2 Å². The maximum absolute atomic E-state index is 12.2. The van der Waals surface area contributed by atoms with E-state index >= 15 is 0 Å². The molecule has 0 spiro atoms. The molecule has 2 aromatic rings. The summed E-state index contributed by atoms with van der Waals surface area (Å²) in [4.78, 5) is 23.4. The van der Waals surface area contributed by atoms with Gasteiger partial charge in [-0.1, -0.05) is 6.07 Å². The van der Waals surface area contributed by atoms with E-state index in [0.717, 1.165) is 5.75 Å². The third kappa shape index (κ3) is 4.74. The van der Waals surface area contributed by atoms with E-state index in [0.29, 0.717) is 23.5 Å². The Kier molecular flexibility index (Phi) is 5.78. The first-order valence-electron chi connectivity index (χ1n) is 7.69. The second-order valence-corrected chi connectivity index (χ2v) is 5.26. The highest BCUT2D eigenvalue weighted by Crippen LogP contribution is 2.16. The largest absolute Gasteiger partial charge is 0.494 e. The Morgan fingerprint density at radius 3 is 2.46 bits per heavy atom. The standard InChI is InChI=1S/C18H21N3O3/c1-3-24-16-9-7-14(8-10-16)21-18(23)12(2)20-15-6-4-5-13(11-15)17(19)22/h4-12,20H,3H2,1-2H3,(H2,19,22)(H,21,23). The Hall–Kier alpha value is -3.02. The van der Waals surface area contributed by atoms with Crippen molar-refractivity contribution in [3.8, 4) is 5.75 Å². The Labute approximate surface area is 141 Å². The van der Waals surface area contributed by atoms with E-state index in [9.17, 15) is 9.59 Å². The molecule has 0 bridgehead atoms. The SMILES string of the molecule is CCOc1ccc(NC(=O)C(C)Nc2cccc(C(N)=O)c2)cc1. The molecule has 0 aliphatic carbocycles. The number of hydrogen-bond donors (Lipinski definition) is 3. The summed E-state index contributed by atoms with van der Waals surface area (Å²) in [5.41, 5.74) is 6.98. The minimum absolute atomic E-state index is 0.191. The molecule has 6 nitrogen and oxygen atoms in total. The number of amides is 2. The van der Waals surface area contributed by atoms with Gasteiger partial charge in [-0.2, -0.15) is 0 Å². The quantitative estimate of drug-likeness (QED) is 0.729. The summed E-state index contributed by atoms with van der Waals surface area (Å²) < 4.78 is 5.36. The van der Waals surface area contributed by atoms with Gasteiger partial charge >= 0.3 is 0 Å². The summed E-state index contributed by atoms with van der Waals surface area (Å²) in [6.45, 7) is 4.24. The van der Waals surface area contributed by atoms with E-state index in [1.807, 2.05) is 6.92 Å². The van der Waals surface area contributed by atoms with Crippen LogP contribution in [0.1, 0.15) is 24.2 Å².